The highest BCUT2D eigenvalue weighted by Crippen LogP contribution is 2.67. The van der Waals surface area contributed by atoms with Crippen molar-refractivity contribution in [2.45, 2.75) is 74.5 Å². The van der Waals surface area contributed by atoms with Crippen LogP contribution >= 0.6 is 0 Å². The van der Waals surface area contributed by atoms with Gasteiger partial charge < -0.3 is 0 Å². The van der Waals surface area contributed by atoms with Crippen LogP contribution in [0.15, 0.2) is 188 Å². The molecular formula is C76H56O6. The van der Waals surface area contributed by atoms with Gasteiger partial charge in [-0.15, -0.1) is 0 Å². The van der Waals surface area contributed by atoms with E-state index in [1.807, 2.05) is 24.3 Å². The normalized spacial score (nSPS) is 29.3. The van der Waals surface area contributed by atoms with Gasteiger partial charge in [-0.1, -0.05) is 178 Å². The first-order valence-electron chi connectivity index (χ1n) is 29.3. The van der Waals surface area contributed by atoms with Gasteiger partial charge in [-0.25, -0.2) is 0 Å². The molecule has 0 saturated heterocycles. The van der Waals surface area contributed by atoms with Gasteiger partial charge >= 0.3 is 0 Å². The van der Waals surface area contributed by atoms with E-state index in [9.17, 15) is 28.8 Å². The van der Waals surface area contributed by atoms with E-state index < -0.39 is 5.41 Å². The van der Waals surface area contributed by atoms with Crippen LogP contribution in [-0.4, -0.2) is 34.7 Å². The van der Waals surface area contributed by atoms with Crippen LogP contribution in [0.25, 0.3) is 43.1 Å². The van der Waals surface area contributed by atoms with Gasteiger partial charge in [0.1, 0.15) is 34.7 Å². The molecule has 3 fully saturated rings. The number of ketones is 6. The summed E-state index contributed by atoms with van der Waals surface area (Å²) >= 11 is 0. The fraction of sp³-hybridized carbons (Fsp3) is 0.237. The Morgan fingerprint density at radius 2 is 0.646 bits per heavy atom. The molecule has 0 aromatic heterocycles. The summed E-state index contributed by atoms with van der Waals surface area (Å²) in [6.07, 6.45) is 0.304. The predicted octanol–water partition coefficient (Wildman–Crippen LogP) is 14.4. The molecule has 10 aromatic carbocycles. The van der Waals surface area contributed by atoms with Gasteiger partial charge in [0.25, 0.3) is 0 Å². The van der Waals surface area contributed by atoms with Crippen LogP contribution in [0.1, 0.15) is 129 Å². The van der Waals surface area contributed by atoms with E-state index in [1.165, 1.54) is 115 Å². The second-order valence-corrected chi connectivity index (χ2v) is 25.5. The van der Waals surface area contributed by atoms with Crippen molar-refractivity contribution in [3.05, 3.63) is 260 Å². The zero-order valence-electron chi connectivity index (χ0n) is 45.7. The van der Waals surface area contributed by atoms with Gasteiger partial charge in [0, 0.05) is 70.0 Å². The lowest BCUT2D eigenvalue weighted by atomic mass is 9.47. The lowest BCUT2D eigenvalue weighted by Crippen LogP contribution is -2.51. The zero-order valence-corrected chi connectivity index (χ0v) is 45.7. The van der Waals surface area contributed by atoms with E-state index in [1.54, 1.807) is 0 Å². The lowest BCUT2D eigenvalue weighted by Gasteiger charge is -2.53. The Hall–Kier alpha value is -8.74. The summed E-state index contributed by atoms with van der Waals surface area (Å²) in [6.45, 7) is 6.57. The van der Waals surface area contributed by atoms with Gasteiger partial charge in [-0.05, 0) is 147 Å². The number of hydrogen-bond donors (Lipinski definition) is 0. The SMILES string of the molecule is CC12c3cc4ccccc4cc3C(c3cc4ccccc4cc31)C1C(=O)CC(=O)C12.CC12c3ccccc3C(c3ccccc31)C1C(=O)CC(=O)C12.Cc1c2c(cc3cc4ccccc4cc13)C1c3ccccc3C2C2C(=O)CC(=O)C12. The first-order chi connectivity index (χ1) is 39.8. The standard InChI is InChI=1S/2C28H20O2.C20H16O2/c1-28-21-12-17-8-4-2-6-15(17)10-19(21)25(26-23(29)14-24(30)27(26)28)20-11-16-7-3-5-9-18(16)13-22(20)28;1-14-20-11-16-7-3-2-6-15(16)10-17(20)12-21-24(14)26-19-9-5-4-8-18(19)25(21)27-22(29)13-23(30)28(26)27;1-20-13-8-4-2-6-11(13)17(12-7-3-5-9-14(12)20)18-15(21)10-16(22)19(18)20/h2-13,25-27H,14H2,1H3;2-12,25-28H,13H2,1H3;2-9,17-19H,10H2,1H3. The number of rotatable bonds is 0. The molecule has 8 atom stereocenters. The van der Waals surface area contributed by atoms with Crippen molar-refractivity contribution < 1.29 is 28.8 Å². The highest BCUT2D eigenvalue weighted by Gasteiger charge is 2.65. The lowest BCUT2D eigenvalue weighted by molar-refractivity contribution is -0.124. The smallest absolute Gasteiger partial charge is 0.145 e. The van der Waals surface area contributed by atoms with Crippen LogP contribution < -0.4 is 0 Å². The summed E-state index contributed by atoms with van der Waals surface area (Å²) in [7, 11) is 0. The summed E-state index contributed by atoms with van der Waals surface area (Å²) in [4.78, 5) is 77.3. The third-order valence-electron chi connectivity index (χ3n) is 22.0. The van der Waals surface area contributed by atoms with Crippen molar-refractivity contribution in [3.8, 4) is 0 Å². The van der Waals surface area contributed by atoms with Crippen molar-refractivity contribution >= 4 is 77.8 Å². The molecule has 0 N–H and O–H groups in total. The van der Waals surface area contributed by atoms with E-state index in [0.29, 0.717) is 0 Å². The third kappa shape index (κ3) is 6.04. The monoisotopic (exact) mass is 1060 g/mol. The minimum absolute atomic E-state index is 0.000259. The van der Waals surface area contributed by atoms with Crippen molar-refractivity contribution in [1.29, 1.82) is 0 Å². The van der Waals surface area contributed by atoms with Gasteiger partial charge in [0.05, 0.1) is 19.3 Å². The maximum absolute atomic E-state index is 13.1. The molecule has 12 aliphatic rings. The minimum atomic E-state index is -0.471. The molecule has 6 bridgehead atoms. The second-order valence-electron chi connectivity index (χ2n) is 25.5. The molecule has 12 aliphatic carbocycles. The van der Waals surface area contributed by atoms with E-state index in [0.717, 1.165) is 0 Å². The Bertz CT molecular complexity index is 4520. The molecule has 82 heavy (non-hydrogen) atoms. The molecule has 10 aromatic rings. The zero-order chi connectivity index (χ0) is 55.4. The molecule has 0 aliphatic heterocycles. The topological polar surface area (TPSA) is 102 Å². The van der Waals surface area contributed by atoms with Crippen molar-refractivity contribution in [3.63, 3.8) is 0 Å². The van der Waals surface area contributed by atoms with E-state index in [-0.39, 0.29) is 119 Å². The van der Waals surface area contributed by atoms with Gasteiger partial charge in [-0.2, -0.15) is 0 Å². The Balaban J connectivity index is 0.0000000990. The van der Waals surface area contributed by atoms with E-state index in [4.69, 9.17) is 0 Å². The summed E-state index contributed by atoms with van der Waals surface area (Å²) in [6, 6.07) is 66.5. The maximum atomic E-state index is 13.1. The molecule has 0 heterocycles. The van der Waals surface area contributed by atoms with Crippen molar-refractivity contribution in [2.75, 3.05) is 0 Å². The van der Waals surface area contributed by atoms with Crippen LogP contribution in [0.3, 0.4) is 0 Å². The first-order valence-corrected chi connectivity index (χ1v) is 29.3. The number of aryl methyl sites for hydroxylation is 1. The molecular weight excluding hydrogens is 1010 g/mol. The number of benzene rings is 10. The average molecular weight is 1070 g/mol. The molecule has 3 saturated carbocycles. The Labute approximate surface area is 474 Å². The van der Waals surface area contributed by atoms with Crippen LogP contribution in [0.5, 0.6) is 0 Å². The molecule has 6 nitrogen and oxygen atoms in total. The molecule has 8 unspecified atom stereocenters. The first kappa shape index (κ1) is 48.0. The Morgan fingerprint density at radius 3 is 1.16 bits per heavy atom. The van der Waals surface area contributed by atoms with Crippen LogP contribution in [-0.2, 0) is 39.6 Å². The van der Waals surface area contributed by atoms with Crippen LogP contribution in [0.2, 0.25) is 0 Å². The van der Waals surface area contributed by atoms with Crippen molar-refractivity contribution in [2.24, 2.45) is 35.5 Å². The quantitative estimate of drug-likeness (QED) is 0.111. The Kier molecular flexibility index (Phi) is 9.77. The summed E-state index contributed by atoms with van der Waals surface area (Å²) in [5, 5.41) is 9.73. The van der Waals surface area contributed by atoms with Gasteiger partial charge in [0.15, 0.2) is 0 Å². The largest absolute Gasteiger partial charge is 0.299 e. The fourth-order valence-corrected chi connectivity index (χ4v) is 18.9. The van der Waals surface area contributed by atoms with E-state index in [2.05, 4.69) is 185 Å². The molecule has 0 radical (unpaired) electrons. The van der Waals surface area contributed by atoms with E-state index >= 15 is 0 Å². The molecule has 0 spiro atoms. The van der Waals surface area contributed by atoms with Crippen LogP contribution in [0.4, 0.5) is 0 Å². The minimum Gasteiger partial charge on any atom is -0.299 e. The summed E-state index contributed by atoms with van der Waals surface area (Å²) in [5.41, 5.74) is 15.4. The van der Waals surface area contributed by atoms with Crippen LogP contribution in [0, 0.1) is 42.4 Å². The molecule has 396 valence electrons. The average Bonchev–Trinajstić information content (AvgIpc) is 2.88. The summed E-state index contributed by atoms with van der Waals surface area (Å²) in [5.74, 6) is -0.415. The molecule has 0 amide bonds. The number of fused-ring (bicyclic) bond motifs is 4. The van der Waals surface area contributed by atoms with Gasteiger partial charge in [-0.3, -0.25) is 28.8 Å². The number of carbonyl (C=O) groups is 6. The maximum Gasteiger partial charge on any atom is 0.145 e. The molecule has 6 heteroatoms. The highest BCUT2D eigenvalue weighted by molar-refractivity contribution is 6.14. The number of carbonyl (C=O) groups excluding carboxylic acids is 6. The van der Waals surface area contributed by atoms with Crippen molar-refractivity contribution in [1.82, 2.24) is 0 Å². The second kappa shape index (κ2) is 16.7. The number of Topliss-reactive ketones (excluding diaryl/α,β-unsaturated/α-hetero) is 6. The highest BCUT2D eigenvalue weighted by atomic mass is 16.2. The Morgan fingerprint density at radius 1 is 0.305 bits per heavy atom. The van der Waals surface area contributed by atoms with Gasteiger partial charge in [0.2, 0.25) is 0 Å². The fourth-order valence-electron chi connectivity index (χ4n) is 18.9. The summed E-state index contributed by atoms with van der Waals surface area (Å²) < 4.78 is 0. The molecule has 22 rings (SSSR count). The third-order valence-corrected chi connectivity index (χ3v) is 22.0. The number of hydrogen-bond acceptors (Lipinski definition) is 6. The predicted molar refractivity (Wildman–Crippen MR) is 319 cm³/mol.